The van der Waals surface area contributed by atoms with E-state index in [1.165, 1.54) is 35.6 Å². The number of benzene rings is 2. The van der Waals surface area contributed by atoms with Gasteiger partial charge in [0, 0.05) is 86.0 Å². The molecule has 664 valence electrons. The van der Waals surface area contributed by atoms with E-state index in [0.29, 0.717) is 48.2 Å². The molecule has 8 amide bonds. The zero-order valence-electron chi connectivity index (χ0n) is 69.0. The molecule has 2 aromatic carbocycles. The molecule has 1 aromatic heterocycles. The van der Waals surface area contributed by atoms with Crippen LogP contribution in [0.5, 0.6) is 5.75 Å². The van der Waals surface area contributed by atoms with Crippen LogP contribution in [0.1, 0.15) is 196 Å². The molecule has 1 saturated heterocycles. The Morgan fingerprint density at radius 3 is 1.90 bits per heavy atom. The Morgan fingerprint density at radius 1 is 0.642 bits per heavy atom. The van der Waals surface area contributed by atoms with Crippen molar-refractivity contribution < 1.29 is 126 Å². The predicted octanol–water partition coefficient (Wildman–Crippen LogP) is 6.48. The topological polar surface area (TPSA) is 559 Å². The highest BCUT2D eigenvalue weighted by Crippen LogP contribution is 2.38. The molecule has 1 aliphatic heterocycles. The summed E-state index contributed by atoms with van der Waals surface area (Å²) in [6, 6.07) is 5.73. The van der Waals surface area contributed by atoms with Crippen molar-refractivity contribution in [3.8, 4) is 5.75 Å². The molecule has 0 aliphatic carbocycles. The smallest absolute Gasteiger partial charge is 0.373 e. The maximum atomic E-state index is 15.0. The third-order valence-electron chi connectivity index (χ3n) is 20.1. The average Bonchev–Trinajstić information content (AvgIpc) is 1.27. The number of ether oxygens (including phenoxy) is 2. The first-order valence-corrected chi connectivity index (χ1v) is 43.3. The minimum absolute atomic E-state index is 0.0188. The molecule has 14 N–H and O–H groups in total. The van der Waals surface area contributed by atoms with Crippen LogP contribution in [0.4, 0.5) is 9.59 Å². The van der Waals surface area contributed by atoms with Crippen LogP contribution in [0, 0.1) is 41.4 Å². The second kappa shape index (κ2) is 56.2. The van der Waals surface area contributed by atoms with Gasteiger partial charge in [-0.1, -0.05) is 119 Å². The van der Waals surface area contributed by atoms with Crippen LogP contribution in [-0.4, -0.2) is 230 Å². The number of esters is 2. The lowest BCUT2D eigenvalue weighted by Gasteiger charge is -2.36. The zero-order valence-corrected chi connectivity index (χ0v) is 71.4. The second-order valence-electron chi connectivity index (χ2n) is 30.0. The van der Waals surface area contributed by atoms with E-state index in [2.05, 4.69) is 47.4 Å². The molecule has 39 heteroatoms. The van der Waals surface area contributed by atoms with Gasteiger partial charge in [-0.05, 0) is 124 Å². The highest BCUT2D eigenvalue weighted by molar-refractivity contribution is 8.76. The molecule has 36 nitrogen and oxygen atoms in total. The normalized spacial score (nSPS) is 15.3. The summed E-state index contributed by atoms with van der Waals surface area (Å²) in [6.07, 6.45) is 2.74. The fraction of sp³-hybridized carbons (Fsp3) is 0.605. The number of hydrogen-bond acceptors (Lipinski definition) is 26. The van der Waals surface area contributed by atoms with Crippen molar-refractivity contribution in [1.82, 2.24) is 52.4 Å². The molecule has 0 bridgehead atoms. The van der Waals surface area contributed by atoms with Crippen LogP contribution in [0.2, 0.25) is 0 Å². The van der Waals surface area contributed by atoms with E-state index < -0.39 is 157 Å². The number of amides is 8. The van der Waals surface area contributed by atoms with Gasteiger partial charge in [-0.2, -0.15) is 9.59 Å². The quantitative estimate of drug-likeness (QED) is 0.0163. The summed E-state index contributed by atoms with van der Waals surface area (Å²) in [5, 5.41) is 79.9. The summed E-state index contributed by atoms with van der Waals surface area (Å²) in [5.74, 6) is -17.0. The fourth-order valence-corrected chi connectivity index (χ4v) is 16.2. The van der Waals surface area contributed by atoms with Gasteiger partial charge in [0.1, 0.15) is 49.1 Å². The summed E-state index contributed by atoms with van der Waals surface area (Å²) in [6.45, 7) is 13.7. The van der Waals surface area contributed by atoms with Gasteiger partial charge in [-0.15, -0.1) is 11.3 Å². The monoisotopic (exact) mass is 1740 g/mol. The number of rotatable bonds is 57. The van der Waals surface area contributed by atoms with Crippen molar-refractivity contribution in [2.75, 3.05) is 57.9 Å². The molecule has 1 aliphatic rings. The number of carboxylic acid groups (broad SMARTS) is 5. The van der Waals surface area contributed by atoms with Gasteiger partial charge in [0.15, 0.2) is 11.6 Å². The number of aromatic hydroxyl groups is 1. The number of phenolic OH excluding ortho intramolecular Hbond substituents is 1. The number of thiazole rings is 1. The lowest BCUT2D eigenvalue weighted by molar-refractivity contribution is -0.192. The van der Waals surface area contributed by atoms with Crippen LogP contribution in [0.15, 0.2) is 53.9 Å². The summed E-state index contributed by atoms with van der Waals surface area (Å²) in [4.78, 5) is 229. The van der Waals surface area contributed by atoms with Crippen LogP contribution >= 0.6 is 32.9 Å². The number of carbonyl (C=O) groups excluding carboxylic acids is 13. The standard InChI is InChI=1S/C80H116N10O24S3.CO2/c1-9-16-70(101)114-43-58(72(103)57(47(5)10-2)39-65(93)63-18-12-14-30-90(63)8)56(46(3)4)34-49(7)76-88-61(44-115-76)75(106)85-54(35-50-24-26-55(91)27-25-50)33-48(6)73(104)83-42-71(102)113-31-32-116-117-45-62(78(109)110)87-74(105)53(38-68(97)98)37-64(92)60(40-69(99)100)86-66(94)36-51-20-22-52(23-21-51)41-84-79(111)81-28-13-11-17-59(77(107)108)89-80(112)82-29-15-19-67(95)96;2-1-3/h20-27,44,46-49,53-54,56-60,62-63,91H,9-19,28-43,45H2,1-8H3,(H,83,104)(H,85,106)(H,86,94)(H,87,105)(H,95,96)(H,97,98)(H,99,100)(H,107,108)(H,109,110)(H2,81,84,111)(H2,82,89,112);/t47?,48-,49+,53-,54+,56+,57-,58?,59-,60-,62-,63+;/m0./s1. The first-order chi connectivity index (χ1) is 56.9. The maximum absolute atomic E-state index is 15.0. The number of piperidine rings is 1. The third kappa shape index (κ3) is 40.6. The molecule has 0 saturated carbocycles. The van der Waals surface area contributed by atoms with Gasteiger partial charge in [0.2, 0.25) is 17.7 Å². The third-order valence-corrected chi connectivity index (χ3v) is 23.6. The fourth-order valence-electron chi connectivity index (χ4n) is 13.3. The molecular weight excluding hydrogens is 1630 g/mol. The van der Waals surface area contributed by atoms with E-state index in [1.807, 2.05) is 48.6 Å². The van der Waals surface area contributed by atoms with Crippen molar-refractivity contribution in [2.24, 2.45) is 41.4 Å². The Hall–Kier alpha value is -10.4. The van der Waals surface area contributed by atoms with Gasteiger partial charge in [0.25, 0.3) is 5.91 Å². The number of nitrogens with one attached hydrogen (secondary N) is 8. The summed E-state index contributed by atoms with van der Waals surface area (Å²) < 4.78 is 11.1. The molecule has 4 rings (SSSR count). The van der Waals surface area contributed by atoms with Gasteiger partial charge < -0.3 is 82.6 Å². The van der Waals surface area contributed by atoms with Crippen LogP contribution in [0.3, 0.4) is 0 Å². The van der Waals surface area contributed by atoms with Gasteiger partial charge in [-0.25, -0.2) is 24.2 Å². The summed E-state index contributed by atoms with van der Waals surface area (Å²) in [7, 11) is 3.93. The molecule has 0 spiro atoms. The van der Waals surface area contributed by atoms with Gasteiger partial charge >= 0.3 is 60.0 Å². The molecule has 2 unspecified atom stereocenters. The number of hydrogen-bond donors (Lipinski definition) is 14. The number of Topliss-reactive ketones (excluding diaryl/α,β-unsaturated/α-hetero) is 3. The number of nitrogens with zero attached hydrogens (tertiary/aromatic N) is 2. The first kappa shape index (κ1) is 104. The van der Waals surface area contributed by atoms with Crippen LogP contribution < -0.4 is 42.5 Å². The minimum Gasteiger partial charge on any atom is -0.508 e. The van der Waals surface area contributed by atoms with Crippen molar-refractivity contribution in [2.45, 2.75) is 213 Å². The van der Waals surface area contributed by atoms with Crippen LogP contribution in [-0.2, 0) is 101 Å². The molecule has 3 aromatic rings. The van der Waals surface area contributed by atoms with Crippen molar-refractivity contribution in [3.63, 3.8) is 0 Å². The molecule has 0 radical (unpaired) electrons. The predicted molar refractivity (Wildman–Crippen MR) is 440 cm³/mol. The number of unbranched alkanes of at least 4 members (excludes halogenated alkanes) is 1. The largest absolute Gasteiger partial charge is 0.508 e. The van der Waals surface area contributed by atoms with E-state index in [9.17, 15) is 97.5 Å². The van der Waals surface area contributed by atoms with E-state index in [0.717, 1.165) is 53.0 Å². The number of carbonyl (C=O) groups is 16. The molecule has 12 atom stereocenters. The number of carboxylic acids is 5. The minimum atomic E-state index is -1.74. The van der Waals surface area contributed by atoms with Gasteiger partial charge in [-0.3, -0.25) is 62.4 Å². The Morgan fingerprint density at radius 2 is 1.28 bits per heavy atom. The molecule has 120 heavy (non-hydrogen) atoms. The van der Waals surface area contributed by atoms with Crippen molar-refractivity contribution >= 4 is 134 Å². The Labute approximate surface area is 708 Å². The molecule has 2 heterocycles. The van der Waals surface area contributed by atoms with E-state index in [1.54, 1.807) is 36.6 Å². The summed E-state index contributed by atoms with van der Waals surface area (Å²) in [5.41, 5.74) is 1.84. The van der Waals surface area contributed by atoms with E-state index >= 15 is 4.79 Å². The zero-order chi connectivity index (χ0) is 89.6. The number of phenols is 1. The number of aromatic nitrogens is 1. The SMILES string of the molecule is CCCC(=O)OCC(C(=O)[C@@H](CC(=O)[C@H]1CCCCN1C)C(C)CC)[C@H](C[C@@H](C)c1nc(C(=O)N[C@@H](Cc2ccc(O)cc2)C[C@H](C)C(=O)NCC(=O)OCCSSC[C@H](NC(=O)[C@H](CC(=O)O)CC(=O)[C@H](CC(=O)O)NC(=O)Cc2ccc(CNC(=O)NCCCC[C@H](NC(=O)NCCCC(=O)O)C(=O)O)cc2)C(=O)O)cs1)C(C)C.O=C=O. The first-order valence-electron chi connectivity index (χ1n) is 39.9. The van der Waals surface area contributed by atoms with E-state index in [4.69, 9.17) is 29.2 Å². The number of likely N-dealkylation sites (N-methyl/N-ethyl adjacent to an activating group) is 1. The van der Waals surface area contributed by atoms with Crippen LogP contribution in [0.25, 0.3) is 0 Å². The Balaban J connectivity index is 0.0000122. The van der Waals surface area contributed by atoms with E-state index in [-0.39, 0.29) is 155 Å². The molecule has 1 fully saturated rings. The number of aliphatic carboxylic acids is 5. The maximum Gasteiger partial charge on any atom is 0.373 e. The summed E-state index contributed by atoms with van der Waals surface area (Å²) >= 11 is 1.28. The lowest BCUT2D eigenvalue weighted by Crippen LogP contribution is -2.48. The number of urea groups is 2. The van der Waals surface area contributed by atoms with Crippen molar-refractivity contribution in [1.29, 1.82) is 0 Å². The average molecular weight is 1740 g/mol. The number of likely N-dealkylation sites (tertiary alicyclic amines) is 1. The highest BCUT2D eigenvalue weighted by Gasteiger charge is 2.41. The van der Waals surface area contributed by atoms with Gasteiger partial charge in [0.05, 0.1) is 48.2 Å². The lowest BCUT2D eigenvalue weighted by atomic mass is 9.70. The number of ketones is 3. The second-order valence-corrected chi connectivity index (χ2v) is 33.5. The Kier molecular flexibility index (Phi) is 48.6. The highest BCUT2D eigenvalue weighted by atomic mass is 33.1. The Bertz CT molecular complexity index is 3920. The van der Waals surface area contributed by atoms with Crippen molar-refractivity contribution in [3.05, 3.63) is 81.3 Å². The molecular formula is C81H116N10O26S3.